The third-order valence-electron chi connectivity index (χ3n) is 5.19. The van der Waals surface area contributed by atoms with E-state index in [9.17, 15) is 0 Å². The summed E-state index contributed by atoms with van der Waals surface area (Å²) >= 11 is 2.02. The van der Waals surface area contributed by atoms with Gasteiger partial charge in [-0.25, -0.2) is 0 Å². The maximum absolute atomic E-state index is 8.89. The predicted molar refractivity (Wildman–Crippen MR) is 128 cm³/mol. The molecule has 4 nitrogen and oxygen atoms in total. The number of unbranched alkanes of at least 4 members (excludes halogenated alkanes) is 2. The van der Waals surface area contributed by atoms with E-state index < -0.39 is 8.56 Å². The van der Waals surface area contributed by atoms with E-state index in [0.29, 0.717) is 5.56 Å². The van der Waals surface area contributed by atoms with E-state index in [-0.39, 0.29) is 0 Å². The molecule has 0 saturated carbocycles. The second-order valence-corrected chi connectivity index (χ2v) is 12.2. The summed E-state index contributed by atoms with van der Waals surface area (Å²) in [7, 11) is 1.63. The molecule has 162 valence electrons. The molecule has 2 aromatic carbocycles. The maximum atomic E-state index is 8.89. The largest absolute Gasteiger partial charge is 0.494 e. The Bertz CT molecular complexity index is 771. The molecular weight excluding hydrogens is 410 g/mol. The van der Waals surface area contributed by atoms with Crippen LogP contribution in [0, 0.1) is 11.3 Å². The van der Waals surface area contributed by atoms with Gasteiger partial charge in [0.25, 0.3) is 0 Å². The van der Waals surface area contributed by atoms with Gasteiger partial charge in [0.2, 0.25) is 0 Å². The fourth-order valence-electron chi connectivity index (χ4n) is 3.04. The lowest BCUT2D eigenvalue weighted by molar-refractivity contribution is 0.249. The molecule has 2 rings (SSSR count). The number of thioether (sulfide) groups is 1. The Labute approximate surface area is 186 Å². The van der Waals surface area contributed by atoms with Crippen LogP contribution >= 0.6 is 11.8 Å². The van der Waals surface area contributed by atoms with Crippen LogP contribution in [-0.4, -0.2) is 40.9 Å². The van der Waals surface area contributed by atoms with Crippen LogP contribution in [0.15, 0.2) is 48.5 Å². The van der Waals surface area contributed by atoms with Crippen LogP contribution in [0.3, 0.4) is 0 Å². The number of nitrogens with zero attached hydrogens (tertiary/aromatic N) is 1. The molecule has 0 spiro atoms. The highest BCUT2D eigenvalue weighted by Gasteiger charge is 2.27. The van der Waals surface area contributed by atoms with Crippen LogP contribution in [0.25, 0.3) is 11.1 Å². The van der Waals surface area contributed by atoms with Gasteiger partial charge in [-0.3, -0.25) is 0 Å². The van der Waals surface area contributed by atoms with Crippen LogP contribution in [0.1, 0.15) is 31.2 Å². The van der Waals surface area contributed by atoms with Gasteiger partial charge in [-0.05, 0) is 85.2 Å². The first-order chi connectivity index (χ1) is 14.6. The van der Waals surface area contributed by atoms with Crippen molar-refractivity contribution in [3.8, 4) is 22.9 Å². The molecule has 0 aliphatic carbocycles. The van der Waals surface area contributed by atoms with Gasteiger partial charge in [-0.2, -0.15) is 17.0 Å². The van der Waals surface area contributed by atoms with E-state index in [0.717, 1.165) is 42.4 Å². The van der Waals surface area contributed by atoms with E-state index in [1.807, 2.05) is 48.2 Å². The van der Waals surface area contributed by atoms with Crippen molar-refractivity contribution < 1.29 is 13.6 Å². The molecule has 0 radical (unpaired) electrons. The lowest BCUT2D eigenvalue weighted by Gasteiger charge is -2.22. The third-order valence-corrected chi connectivity index (χ3v) is 9.33. The van der Waals surface area contributed by atoms with Crippen molar-refractivity contribution >= 4 is 20.3 Å². The summed E-state index contributed by atoms with van der Waals surface area (Å²) in [6.45, 7) is 2.88. The zero-order chi connectivity index (χ0) is 21.7. The van der Waals surface area contributed by atoms with E-state index in [2.05, 4.69) is 24.7 Å². The first kappa shape index (κ1) is 24.5. The van der Waals surface area contributed by atoms with Gasteiger partial charge < -0.3 is 13.6 Å². The highest BCUT2D eigenvalue weighted by Crippen LogP contribution is 2.23. The number of ether oxygens (including phenoxy) is 1. The highest BCUT2D eigenvalue weighted by atomic mass is 32.2. The Morgan fingerprint density at radius 3 is 2.03 bits per heavy atom. The minimum absolute atomic E-state index is 0.680. The minimum Gasteiger partial charge on any atom is -0.494 e. The smallest absolute Gasteiger partial charge is 0.334 e. The van der Waals surface area contributed by atoms with Crippen molar-refractivity contribution in [2.45, 2.75) is 38.3 Å². The van der Waals surface area contributed by atoms with Crippen LogP contribution in [0.2, 0.25) is 12.6 Å². The number of hydrogen-bond acceptors (Lipinski definition) is 5. The SMILES string of the molecule is CO[Si](C)(CCCSCCCCCOc1ccc(-c2ccc(C#N)cc2)cc1)OC. The van der Waals surface area contributed by atoms with Gasteiger partial charge in [0, 0.05) is 14.2 Å². The van der Waals surface area contributed by atoms with E-state index >= 15 is 0 Å². The van der Waals surface area contributed by atoms with Gasteiger partial charge in [0.15, 0.2) is 0 Å². The molecule has 0 heterocycles. The van der Waals surface area contributed by atoms with E-state index in [1.165, 1.54) is 24.3 Å². The summed E-state index contributed by atoms with van der Waals surface area (Å²) in [6.07, 6.45) is 4.67. The number of benzene rings is 2. The molecule has 0 atom stereocenters. The van der Waals surface area contributed by atoms with Crippen molar-refractivity contribution in [1.82, 2.24) is 0 Å². The van der Waals surface area contributed by atoms with E-state index in [1.54, 1.807) is 14.2 Å². The van der Waals surface area contributed by atoms with Crippen LogP contribution < -0.4 is 4.74 Å². The third kappa shape index (κ3) is 8.53. The van der Waals surface area contributed by atoms with Crippen LogP contribution in [0.4, 0.5) is 0 Å². The van der Waals surface area contributed by atoms with Gasteiger partial charge in [0.1, 0.15) is 5.75 Å². The molecule has 0 bridgehead atoms. The first-order valence-electron chi connectivity index (χ1n) is 10.5. The van der Waals surface area contributed by atoms with Crippen molar-refractivity contribution in [2.75, 3.05) is 32.3 Å². The zero-order valence-electron chi connectivity index (χ0n) is 18.4. The molecule has 0 unspecified atom stereocenters. The standard InChI is InChI=1S/C24H33NO3SSi/c1-26-30(3,27-2)19-7-18-29-17-6-4-5-16-28-24-14-12-23(13-15-24)22-10-8-21(20-25)9-11-22/h8-15H,4-7,16-19H2,1-3H3. The molecule has 0 amide bonds. The Balaban J connectivity index is 1.54. The van der Waals surface area contributed by atoms with Crippen molar-refractivity contribution in [3.63, 3.8) is 0 Å². The number of rotatable bonds is 14. The van der Waals surface area contributed by atoms with E-state index in [4.69, 9.17) is 18.9 Å². The average molecular weight is 444 g/mol. The molecule has 0 N–H and O–H groups in total. The first-order valence-corrected chi connectivity index (χ1v) is 14.2. The molecule has 0 fully saturated rings. The number of nitriles is 1. The van der Waals surface area contributed by atoms with Gasteiger partial charge in [0.05, 0.1) is 18.2 Å². The summed E-state index contributed by atoms with van der Waals surface area (Å²) in [5.41, 5.74) is 2.91. The molecule has 2 aromatic rings. The quantitative estimate of drug-likeness (QED) is 0.255. The highest BCUT2D eigenvalue weighted by molar-refractivity contribution is 7.99. The fraction of sp³-hybridized carbons (Fsp3) is 0.458. The Morgan fingerprint density at radius 1 is 0.833 bits per heavy atom. The normalized spacial score (nSPS) is 11.3. The summed E-state index contributed by atoms with van der Waals surface area (Å²) in [6, 6.07) is 19.0. The van der Waals surface area contributed by atoms with Crippen LogP contribution in [-0.2, 0) is 8.85 Å². The predicted octanol–water partition coefficient (Wildman–Crippen LogP) is 6.26. The Hall–Kier alpha value is -1.78. The summed E-state index contributed by atoms with van der Waals surface area (Å²) in [5.74, 6) is 3.29. The summed E-state index contributed by atoms with van der Waals surface area (Å²) in [4.78, 5) is 0. The lowest BCUT2D eigenvalue weighted by atomic mass is 10.0. The Morgan fingerprint density at radius 2 is 1.43 bits per heavy atom. The molecule has 30 heavy (non-hydrogen) atoms. The zero-order valence-corrected chi connectivity index (χ0v) is 20.2. The van der Waals surface area contributed by atoms with Gasteiger partial charge in [-0.1, -0.05) is 24.3 Å². The van der Waals surface area contributed by atoms with Crippen LogP contribution in [0.5, 0.6) is 5.75 Å². The molecule has 0 aliphatic heterocycles. The molecule has 0 aromatic heterocycles. The maximum Gasteiger partial charge on any atom is 0.334 e. The fourth-order valence-corrected chi connectivity index (χ4v) is 5.65. The monoisotopic (exact) mass is 443 g/mol. The summed E-state index contributed by atoms with van der Waals surface area (Å²) < 4.78 is 16.9. The topological polar surface area (TPSA) is 51.5 Å². The molecular formula is C24H33NO3SSi. The molecule has 0 saturated heterocycles. The average Bonchev–Trinajstić information content (AvgIpc) is 2.80. The Kier molecular flexibility index (Phi) is 11.0. The lowest BCUT2D eigenvalue weighted by Crippen LogP contribution is -2.35. The van der Waals surface area contributed by atoms with Crippen molar-refractivity contribution in [1.29, 1.82) is 5.26 Å². The molecule has 6 heteroatoms. The van der Waals surface area contributed by atoms with Crippen molar-refractivity contribution in [2.24, 2.45) is 0 Å². The number of hydrogen-bond donors (Lipinski definition) is 0. The minimum atomic E-state index is -1.88. The van der Waals surface area contributed by atoms with Gasteiger partial charge >= 0.3 is 8.56 Å². The summed E-state index contributed by atoms with van der Waals surface area (Å²) in [5, 5.41) is 8.89. The van der Waals surface area contributed by atoms with Gasteiger partial charge in [-0.15, -0.1) is 0 Å². The second-order valence-electron chi connectivity index (χ2n) is 7.38. The second kappa shape index (κ2) is 13.5. The van der Waals surface area contributed by atoms with Crippen molar-refractivity contribution in [3.05, 3.63) is 54.1 Å². The molecule has 0 aliphatic rings.